The number of sulfonamides is 1. The fraction of sp³-hybridized carbons (Fsp3) is 0. The van der Waals surface area contributed by atoms with Crippen LogP contribution in [0.2, 0.25) is 0 Å². The Hall–Kier alpha value is -1.66. The molecular weight excluding hydrogens is 256 g/mol. The molecule has 2 aromatic rings. The van der Waals surface area contributed by atoms with E-state index in [4.69, 9.17) is 0 Å². The van der Waals surface area contributed by atoms with Gasteiger partial charge in [-0.25, -0.2) is 0 Å². The minimum atomic E-state index is -3.59. The van der Waals surface area contributed by atoms with Crippen molar-refractivity contribution < 1.29 is 8.42 Å². The Morgan fingerprint density at radius 3 is 2.71 bits per heavy atom. The molecule has 6 heteroatoms. The number of hydrogen-bond acceptors (Lipinski definition) is 4. The summed E-state index contributed by atoms with van der Waals surface area (Å²) in [6.07, 6.45) is 0. The van der Waals surface area contributed by atoms with Crippen LogP contribution >= 0.6 is 11.3 Å². The minimum Gasteiger partial charge on any atom is -0.337 e. The molecule has 0 aliphatic carbocycles. The normalized spacial score (nSPS) is 16.8. The fourth-order valence-electron chi connectivity index (χ4n) is 1.63. The number of hydrogen-bond donors (Lipinski definition) is 1. The number of benzene rings is 1. The zero-order valence-corrected chi connectivity index (χ0v) is 10.3. The van der Waals surface area contributed by atoms with Gasteiger partial charge in [-0.3, -0.25) is 0 Å². The van der Waals surface area contributed by atoms with E-state index in [0.717, 1.165) is 4.88 Å². The van der Waals surface area contributed by atoms with Gasteiger partial charge in [0.2, 0.25) is 0 Å². The molecule has 86 valence electrons. The number of thiophene rings is 1. The Balaban J connectivity index is 2.18. The second-order valence-electron chi connectivity index (χ2n) is 3.51. The van der Waals surface area contributed by atoms with Gasteiger partial charge in [0.15, 0.2) is 5.84 Å². The number of para-hydroxylation sites is 1. The van der Waals surface area contributed by atoms with Crippen molar-refractivity contribution in [1.82, 2.24) is 0 Å². The summed E-state index contributed by atoms with van der Waals surface area (Å²) in [7, 11) is -3.59. The van der Waals surface area contributed by atoms with Gasteiger partial charge in [-0.2, -0.15) is 8.42 Å². The summed E-state index contributed by atoms with van der Waals surface area (Å²) in [4.78, 5) is 1.03. The molecule has 2 heterocycles. The summed E-state index contributed by atoms with van der Waals surface area (Å²) in [5.41, 5.74) is 0.575. The molecule has 0 atom stereocenters. The predicted octanol–water partition coefficient (Wildman–Crippen LogP) is 2.31. The summed E-state index contributed by atoms with van der Waals surface area (Å²) in [6.45, 7) is 0. The Bertz CT molecular complexity index is 688. The highest BCUT2D eigenvalue weighted by atomic mass is 32.2. The number of anilines is 1. The standard InChI is InChI=1S/C11H8N2O2S2/c14-17(15)10-6-2-1-4-8(10)12-11(13-17)9-5-3-7-16-9/h1-7H,(H,12,13). The molecule has 1 aromatic carbocycles. The number of fused-ring (bicyclic) bond motifs is 1. The molecule has 0 saturated heterocycles. The van der Waals surface area contributed by atoms with Crippen molar-refractivity contribution in [3.05, 3.63) is 46.7 Å². The second-order valence-corrected chi connectivity index (χ2v) is 6.03. The maximum Gasteiger partial charge on any atom is 0.286 e. The molecule has 1 aliphatic rings. The first-order valence-corrected chi connectivity index (χ1v) is 7.24. The van der Waals surface area contributed by atoms with E-state index >= 15 is 0 Å². The number of amidine groups is 1. The lowest BCUT2D eigenvalue weighted by atomic mass is 10.3. The molecule has 0 unspecified atom stereocenters. The molecule has 17 heavy (non-hydrogen) atoms. The number of nitrogens with one attached hydrogen (secondary N) is 1. The Kier molecular flexibility index (Phi) is 2.27. The number of nitrogens with zero attached hydrogens (tertiary/aromatic N) is 1. The van der Waals surface area contributed by atoms with Gasteiger partial charge in [0, 0.05) is 0 Å². The van der Waals surface area contributed by atoms with E-state index in [9.17, 15) is 8.42 Å². The average molecular weight is 264 g/mol. The molecule has 1 aliphatic heterocycles. The van der Waals surface area contributed by atoms with Crippen molar-refractivity contribution in [2.24, 2.45) is 4.40 Å². The van der Waals surface area contributed by atoms with E-state index in [1.807, 2.05) is 17.5 Å². The predicted molar refractivity (Wildman–Crippen MR) is 68.1 cm³/mol. The lowest BCUT2D eigenvalue weighted by molar-refractivity contribution is 0.598. The van der Waals surface area contributed by atoms with E-state index < -0.39 is 10.0 Å². The van der Waals surface area contributed by atoms with E-state index in [2.05, 4.69) is 9.71 Å². The molecule has 1 aromatic heterocycles. The molecule has 0 radical (unpaired) electrons. The van der Waals surface area contributed by atoms with Gasteiger partial charge in [-0.1, -0.05) is 18.2 Å². The molecule has 0 spiro atoms. The summed E-state index contributed by atoms with van der Waals surface area (Å²) in [5, 5.41) is 4.92. The highest BCUT2D eigenvalue weighted by Gasteiger charge is 2.25. The minimum absolute atomic E-state index is 0.223. The molecule has 0 fully saturated rings. The fourth-order valence-corrected chi connectivity index (χ4v) is 3.49. The average Bonchev–Trinajstić information content (AvgIpc) is 2.81. The second kappa shape index (κ2) is 3.68. The lowest BCUT2D eigenvalue weighted by Gasteiger charge is -2.16. The van der Waals surface area contributed by atoms with Gasteiger partial charge in [0.05, 0.1) is 10.6 Å². The smallest absolute Gasteiger partial charge is 0.286 e. The van der Waals surface area contributed by atoms with Crippen LogP contribution in [-0.4, -0.2) is 14.3 Å². The summed E-state index contributed by atoms with van der Waals surface area (Å²) in [6, 6.07) is 10.4. The maximum atomic E-state index is 12.0. The topological polar surface area (TPSA) is 58.5 Å². The van der Waals surface area contributed by atoms with Gasteiger partial charge < -0.3 is 5.32 Å². The van der Waals surface area contributed by atoms with Crippen LogP contribution in [0.3, 0.4) is 0 Å². The molecular formula is C11H8N2O2S2. The van der Waals surface area contributed by atoms with Gasteiger partial charge in [-0.15, -0.1) is 15.7 Å². The first kappa shape index (κ1) is 10.5. The molecule has 0 amide bonds. The van der Waals surface area contributed by atoms with Gasteiger partial charge >= 0.3 is 0 Å². The summed E-state index contributed by atoms with van der Waals surface area (Å²) < 4.78 is 27.7. The van der Waals surface area contributed by atoms with Crippen molar-refractivity contribution in [1.29, 1.82) is 0 Å². The van der Waals surface area contributed by atoms with E-state index in [1.165, 1.54) is 11.3 Å². The van der Waals surface area contributed by atoms with Gasteiger partial charge in [0.25, 0.3) is 10.0 Å². The zero-order chi connectivity index (χ0) is 11.9. The van der Waals surface area contributed by atoms with Crippen molar-refractivity contribution in [2.45, 2.75) is 4.90 Å². The third-order valence-electron chi connectivity index (χ3n) is 2.38. The summed E-state index contributed by atoms with van der Waals surface area (Å²) in [5.74, 6) is 0.388. The number of rotatable bonds is 1. The lowest BCUT2D eigenvalue weighted by Crippen LogP contribution is -2.21. The molecule has 1 N–H and O–H groups in total. The molecule has 0 saturated carbocycles. The molecule has 4 nitrogen and oxygen atoms in total. The summed E-state index contributed by atoms with van der Waals surface area (Å²) >= 11 is 1.45. The van der Waals surface area contributed by atoms with Crippen LogP contribution < -0.4 is 5.32 Å². The third-order valence-corrected chi connectivity index (χ3v) is 4.60. The van der Waals surface area contributed by atoms with Crippen LogP contribution in [0, 0.1) is 0 Å². The maximum absolute atomic E-state index is 12.0. The van der Waals surface area contributed by atoms with Crippen molar-refractivity contribution in [2.75, 3.05) is 5.32 Å². The zero-order valence-electron chi connectivity index (χ0n) is 8.62. The van der Waals surface area contributed by atoms with Crippen LogP contribution in [-0.2, 0) is 10.0 Å². The third kappa shape index (κ3) is 1.75. The Labute approximate surface area is 103 Å². The molecule has 0 bridgehead atoms. The van der Waals surface area contributed by atoms with Crippen LogP contribution in [0.1, 0.15) is 4.88 Å². The van der Waals surface area contributed by atoms with Crippen LogP contribution in [0.5, 0.6) is 0 Å². The highest BCUT2D eigenvalue weighted by molar-refractivity contribution is 7.90. The van der Waals surface area contributed by atoms with E-state index in [1.54, 1.807) is 24.3 Å². The Morgan fingerprint density at radius 2 is 1.94 bits per heavy atom. The van der Waals surface area contributed by atoms with E-state index in [-0.39, 0.29) is 4.90 Å². The molecule has 3 rings (SSSR count). The van der Waals surface area contributed by atoms with Crippen LogP contribution in [0.25, 0.3) is 0 Å². The first-order chi connectivity index (χ1) is 8.17. The van der Waals surface area contributed by atoms with Crippen molar-refractivity contribution in [3.8, 4) is 0 Å². The first-order valence-electron chi connectivity index (χ1n) is 4.92. The largest absolute Gasteiger partial charge is 0.337 e. The van der Waals surface area contributed by atoms with Crippen LogP contribution in [0.4, 0.5) is 5.69 Å². The Morgan fingerprint density at radius 1 is 1.12 bits per heavy atom. The quantitative estimate of drug-likeness (QED) is 0.860. The van der Waals surface area contributed by atoms with Gasteiger partial charge in [-0.05, 0) is 23.6 Å². The van der Waals surface area contributed by atoms with Gasteiger partial charge in [0.1, 0.15) is 4.90 Å². The SMILES string of the molecule is O=S1(=O)N=C(c2cccs2)Nc2ccccc21. The van der Waals surface area contributed by atoms with Crippen LogP contribution in [0.15, 0.2) is 51.1 Å². The monoisotopic (exact) mass is 264 g/mol. The van der Waals surface area contributed by atoms with Crippen molar-refractivity contribution >= 4 is 32.9 Å². The van der Waals surface area contributed by atoms with E-state index in [0.29, 0.717) is 11.5 Å². The highest BCUT2D eigenvalue weighted by Crippen LogP contribution is 2.28. The van der Waals surface area contributed by atoms with Crippen molar-refractivity contribution in [3.63, 3.8) is 0 Å².